The number of para-hydroxylation sites is 2. The first-order valence-corrected chi connectivity index (χ1v) is 10.0. The van der Waals surface area contributed by atoms with Gasteiger partial charge in [-0.2, -0.15) is 0 Å². The van der Waals surface area contributed by atoms with E-state index in [2.05, 4.69) is 24.1 Å². The van der Waals surface area contributed by atoms with Gasteiger partial charge in [0.25, 0.3) is 5.91 Å². The Hall–Kier alpha value is -3.02. The highest BCUT2D eigenvalue weighted by Crippen LogP contribution is 2.34. The maximum atomic E-state index is 12.8. The van der Waals surface area contributed by atoms with Crippen LogP contribution in [0, 0.1) is 0 Å². The van der Waals surface area contributed by atoms with Gasteiger partial charge >= 0.3 is 5.97 Å². The van der Waals surface area contributed by atoms with Crippen LogP contribution in [0.25, 0.3) is 0 Å². The lowest BCUT2D eigenvalue weighted by Gasteiger charge is -2.36. The summed E-state index contributed by atoms with van der Waals surface area (Å²) >= 11 is 0. The number of esters is 1. The molecule has 1 N–H and O–H groups in total. The van der Waals surface area contributed by atoms with E-state index in [0.29, 0.717) is 24.4 Å². The van der Waals surface area contributed by atoms with E-state index >= 15 is 0 Å². The molecule has 1 heterocycles. The molecule has 0 fully saturated rings. The predicted molar refractivity (Wildman–Crippen MR) is 112 cm³/mol. The van der Waals surface area contributed by atoms with Gasteiger partial charge in [-0.05, 0) is 42.7 Å². The molecule has 0 aromatic heterocycles. The molecule has 2 aromatic carbocycles. The van der Waals surface area contributed by atoms with E-state index < -0.39 is 6.10 Å². The summed E-state index contributed by atoms with van der Waals surface area (Å²) in [5, 5.41) is 3.09. The molecule has 2 aromatic rings. The summed E-state index contributed by atoms with van der Waals surface area (Å²) in [4.78, 5) is 26.6. The Balaban J connectivity index is 1.78. The molecule has 29 heavy (non-hydrogen) atoms. The monoisotopic (exact) mass is 396 g/mol. The number of ether oxygens (including phenoxy) is 2. The van der Waals surface area contributed by atoms with Crippen molar-refractivity contribution in [1.82, 2.24) is 5.32 Å². The normalized spacial score (nSPS) is 15.4. The predicted octanol–water partition coefficient (Wildman–Crippen LogP) is 3.55. The molecule has 0 bridgehead atoms. The number of methoxy groups -OCH3 is 1. The van der Waals surface area contributed by atoms with Crippen LogP contribution in [0.2, 0.25) is 0 Å². The molecular formula is C23H28N2O4. The van der Waals surface area contributed by atoms with Gasteiger partial charge < -0.3 is 19.7 Å². The van der Waals surface area contributed by atoms with Gasteiger partial charge in [-0.3, -0.25) is 4.79 Å². The van der Waals surface area contributed by atoms with E-state index in [1.165, 1.54) is 7.11 Å². The quantitative estimate of drug-likeness (QED) is 0.725. The maximum absolute atomic E-state index is 12.8. The Labute approximate surface area is 171 Å². The smallest absolute Gasteiger partial charge is 0.337 e. The minimum absolute atomic E-state index is 0.0840. The number of anilines is 1. The molecule has 0 aliphatic carbocycles. The summed E-state index contributed by atoms with van der Waals surface area (Å²) in [6.07, 6.45) is 1.21. The number of fused-ring (bicyclic) bond motifs is 1. The molecule has 1 unspecified atom stereocenters. The van der Waals surface area contributed by atoms with Crippen molar-refractivity contribution in [2.24, 2.45) is 0 Å². The van der Waals surface area contributed by atoms with Crippen molar-refractivity contribution in [2.75, 3.05) is 18.6 Å². The molecule has 6 heteroatoms. The van der Waals surface area contributed by atoms with E-state index in [1.54, 1.807) is 12.1 Å². The van der Waals surface area contributed by atoms with E-state index in [-0.39, 0.29) is 17.9 Å². The number of carbonyl (C=O) groups excluding carboxylic acids is 2. The van der Waals surface area contributed by atoms with Crippen LogP contribution in [0.1, 0.15) is 42.6 Å². The zero-order chi connectivity index (χ0) is 20.8. The number of nitrogens with zero attached hydrogens (tertiary/aromatic N) is 1. The molecule has 3 rings (SSSR count). The van der Waals surface area contributed by atoms with Crippen LogP contribution >= 0.6 is 0 Å². The van der Waals surface area contributed by atoms with Crippen molar-refractivity contribution in [3.63, 3.8) is 0 Å². The topological polar surface area (TPSA) is 67.9 Å². The Morgan fingerprint density at radius 3 is 2.48 bits per heavy atom. The summed E-state index contributed by atoms with van der Waals surface area (Å²) in [5.74, 6) is 0.264. The average molecular weight is 396 g/mol. The lowest BCUT2D eigenvalue weighted by molar-refractivity contribution is -0.128. The largest absolute Gasteiger partial charge is 0.477 e. The van der Waals surface area contributed by atoms with Crippen molar-refractivity contribution in [1.29, 1.82) is 0 Å². The number of carbonyl (C=O) groups is 2. The van der Waals surface area contributed by atoms with Crippen molar-refractivity contribution in [3.8, 4) is 5.75 Å². The van der Waals surface area contributed by atoms with Crippen LogP contribution in [-0.2, 0) is 16.1 Å². The molecule has 1 amide bonds. The second-order valence-electron chi connectivity index (χ2n) is 7.17. The van der Waals surface area contributed by atoms with Crippen molar-refractivity contribution in [2.45, 2.75) is 45.4 Å². The SMILES string of the molecule is CCC(CC)NC(=O)C1CN(Cc2ccc(C(=O)OC)cc2)c2ccccc2O1. The summed E-state index contributed by atoms with van der Waals surface area (Å²) in [6.45, 7) is 5.20. The molecule has 6 nitrogen and oxygen atoms in total. The van der Waals surface area contributed by atoms with Crippen molar-refractivity contribution >= 4 is 17.6 Å². The lowest BCUT2D eigenvalue weighted by atomic mass is 10.1. The number of rotatable bonds is 7. The van der Waals surface area contributed by atoms with Gasteiger partial charge in [0.15, 0.2) is 6.10 Å². The van der Waals surface area contributed by atoms with Crippen LogP contribution in [0.15, 0.2) is 48.5 Å². The van der Waals surface area contributed by atoms with Gasteiger partial charge in [0, 0.05) is 12.6 Å². The van der Waals surface area contributed by atoms with Crippen LogP contribution in [0.3, 0.4) is 0 Å². The highest BCUT2D eigenvalue weighted by atomic mass is 16.5. The van der Waals surface area contributed by atoms with Gasteiger partial charge in [-0.15, -0.1) is 0 Å². The highest BCUT2D eigenvalue weighted by Gasteiger charge is 2.31. The summed E-state index contributed by atoms with van der Waals surface area (Å²) in [7, 11) is 1.37. The Morgan fingerprint density at radius 1 is 1.14 bits per heavy atom. The third-order valence-corrected chi connectivity index (χ3v) is 5.23. The van der Waals surface area contributed by atoms with Crippen LogP contribution in [0.5, 0.6) is 5.75 Å². The van der Waals surface area contributed by atoms with E-state index in [0.717, 1.165) is 24.1 Å². The second kappa shape index (κ2) is 9.45. The number of hydrogen-bond acceptors (Lipinski definition) is 5. The molecular weight excluding hydrogens is 368 g/mol. The van der Waals surface area contributed by atoms with Gasteiger partial charge in [-0.25, -0.2) is 4.79 Å². The zero-order valence-electron chi connectivity index (χ0n) is 17.2. The van der Waals surface area contributed by atoms with Crippen molar-refractivity contribution < 1.29 is 19.1 Å². The maximum Gasteiger partial charge on any atom is 0.337 e. The Kier molecular flexibility index (Phi) is 6.75. The molecule has 0 spiro atoms. The van der Waals surface area contributed by atoms with Gasteiger partial charge in [0.1, 0.15) is 5.75 Å². The summed E-state index contributed by atoms with van der Waals surface area (Å²) < 4.78 is 10.8. The lowest BCUT2D eigenvalue weighted by Crippen LogP contribution is -2.50. The van der Waals surface area contributed by atoms with Crippen LogP contribution < -0.4 is 15.0 Å². The van der Waals surface area contributed by atoms with E-state index in [1.807, 2.05) is 36.4 Å². The summed E-state index contributed by atoms with van der Waals surface area (Å²) in [6, 6.07) is 15.2. The Bertz CT molecular complexity index is 846. The first-order valence-electron chi connectivity index (χ1n) is 10.0. The molecule has 1 atom stereocenters. The Morgan fingerprint density at radius 2 is 1.83 bits per heavy atom. The minimum Gasteiger partial charge on any atom is -0.477 e. The van der Waals surface area contributed by atoms with Gasteiger partial charge in [-0.1, -0.05) is 38.1 Å². The van der Waals surface area contributed by atoms with Crippen LogP contribution in [0.4, 0.5) is 5.69 Å². The molecule has 1 aliphatic heterocycles. The first kappa shape index (κ1) is 20.7. The van der Waals surface area contributed by atoms with Gasteiger partial charge in [0.05, 0.1) is 24.9 Å². The molecule has 0 saturated heterocycles. The first-order chi connectivity index (χ1) is 14.0. The molecule has 0 saturated carbocycles. The minimum atomic E-state index is -0.570. The number of amides is 1. The fraction of sp³-hybridized carbons (Fsp3) is 0.391. The molecule has 1 aliphatic rings. The second-order valence-corrected chi connectivity index (χ2v) is 7.17. The average Bonchev–Trinajstić information content (AvgIpc) is 2.77. The highest BCUT2D eigenvalue weighted by molar-refractivity contribution is 5.89. The standard InChI is InChI=1S/C23H28N2O4/c1-4-18(5-2)24-22(26)21-15-25(19-8-6-7-9-20(19)29-21)14-16-10-12-17(13-11-16)23(27)28-3/h6-13,18,21H,4-5,14-15H2,1-3H3,(H,24,26). The molecule has 0 radical (unpaired) electrons. The zero-order valence-corrected chi connectivity index (χ0v) is 17.2. The van der Waals surface area contributed by atoms with E-state index in [4.69, 9.17) is 9.47 Å². The summed E-state index contributed by atoms with van der Waals surface area (Å²) in [5.41, 5.74) is 2.51. The fourth-order valence-corrected chi connectivity index (χ4v) is 3.46. The third-order valence-electron chi connectivity index (χ3n) is 5.23. The van der Waals surface area contributed by atoms with Crippen molar-refractivity contribution in [3.05, 3.63) is 59.7 Å². The number of benzene rings is 2. The third kappa shape index (κ3) is 4.88. The number of hydrogen-bond donors (Lipinski definition) is 1. The fourth-order valence-electron chi connectivity index (χ4n) is 3.46. The van der Waals surface area contributed by atoms with Crippen LogP contribution in [-0.4, -0.2) is 37.7 Å². The molecule has 154 valence electrons. The number of nitrogens with one attached hydrogen (secondary N) is 1. The van der Waals surface area contributed by atoms with E-state index in [9.17, 15) is 9.59 Å². The van der Waals surface area contributed by atoms with Gasteiger partial charge in [0.2, 0.25) is 0 Å².